The lowest BCUT2D eigenvalue weighted by Crippen LogP contribution is -2.45. The molecule has 0 heterocycles. The summed E-state index contributed by atoms with van der Waals surface area (Å²) in [5.74, 6) is 0.234. The number of benzene rings is 2. The zero-order valence-corrected chi connectivity index (χ0v) is 19.8. The van der Waals surface area contributed by atoms with Crippen molar-refractivity contribution in [3.8, 4) is 5.75 Å². The Labute approximate surface area is 199 Å². The number of ether oxygens (including phenoxy) is 1. The highest BCUT2D eigenvalue weighted by Gasteiger charge is 2.21. The summed E-state index contributed by atoms with van der Waals surface area (Å²) in [5, 5.41) is 6.00. The first kappa shape index (κ1) is 24.9. The van der Waals surface area contributed by atoms with E-state index in [0.717, 1.165) is 37.7 Å². The monoisotopic (exact) mass is 493 g/mol. The molecule has 1 saturated carbocycles. The first-order valence-corrected chi connectivity index (χ1v) is 12.8. The van der Waals surface area contributed by atoms with Gasteiger partial charge in [-0.15, -0.1) is 0 Å². The van der Waals surface area contributed by atoms with Crippen molar-refractivity contribution < 1.29 is 22.7 Å². The third kappa shape index (κ3) is 8.25. The topological polar surface area (TPSA) is 114 Å². The SMILES string of the molecule is O=C(COc1cccc(Cl)c1)NCCc1ccc(S(=O)(=O)NC(=O)NC2CCCCC2)cc1. The summed E-state index contributed by atoms with van der Waals surface area (Å²) in [7, 11) is -3.96. The molecule has 3 rings (SSSR count). The van der Waals surface area contributed by atoms with Crippen LogP contribution in [-0.4, -0.2) is 39.5 Å². The molecule has 0 bridgehead atoms. The van der Waals surface area contributed by atoms with Gasteiger partial charge in [0.05, 0.1) is 4.90 Å². The molecule has 178 valence electrons. The van der Waals surface area contributed by atoms with E-state index >= 15 is 0 Å². The minimum absolute atomic E-state index is 0.00371. The van der Waals surface area contributed by atoms with Gasteiger partial charge in [-0.2, -0.15) is 0 Å². The highest BCUT2D eigenvalue weighted by atomic mass is 35.5. The summed E-state index contributed by atoms with van der Waals surface area (Å²) in [5.41, 5.74) is 0.844. The highest BCUT2D eigenvalue weighted by molar-refractivity contribution is 7.90. The van der Waals surface area contributed by atoms with Gasteiger partial charge in [0.15, 0.2) is 6.61 Å². The lowest BCUT2D eigenvalue weighted by atomic mass is 9.96. The zero-order valence-electron chi connectivity index (χ0n) is 18.2. The second-order valence-electron chi connectivity index (χ2n) is 7.90. The van der Waals surface area contributed by atoms with E-state index in [0.29, 0.717) is 23.7 Å². The molecular formula is C23H28ClN3O5S. The van der Waals surface area contributed by atoms with Crippen LogP contribution in [0, 0.1) is 0 Å². The summed E-state index contributed by atoms with van der Waals surface area (Å²) in [6.45, 7) is 0.234. The molecule has 2 aromatic rings. The average Bonchev–Trinajstić information content (AvgIpc) is 2.78. The molecule has 0 unspecified atom stereocenters. The van der Waals surface area contributed by atoms with Crippen LogP contribution in [0.3, 0.4) is 0 Å². The minimum atomic E-state index is -3.96. The first-order chi connectivity index (χ1) is 15.8. The normalized spacial score (nSPS) is 14.3. The van der Waals surface area contributed by atoms with E-state index in [-0.39, 0.29) is 23.5 Å². The smallest absolute Gasteiger partial charge is 0.328 e. The van der Waals surface area contributed by atoms with Gasteiger partial charge in [0.25, 0.3) is 15.9 Å². The number of hydrogen-bond acceptors (Lipinski definition) is 5. The molecule has 3 amide bonds. The van der Waals surface area contributed by atoms with Crippen LogP contribution >= 0.6 is 11.6 Å². The van der Waals surface area contributed by atoms with Gasteiger partial charge in [0.1, 0.15) is 5.75 Å². The Bertz CT molecular complexity index is 1050. The number of urea groups is 1. The second kappa shape index (κ2) is 11.9. The molecule has 0 spiro atoms. The van der Waals surface area contributed by atoms with E-state index in [1.807, 2.05) is 0 Å². The number of rotatable bonds is 9. The van der Waals surface area contributed by atoms with Crippen LogP contribution in [0.4, 0.5) is 4.79 Å². The lowest BCUT2D eigenvalue weighted by molar-refractivity contribution is -0.123. The van der Waals surface area contributed by atoms with Gasteiger partial charge in [-0.3, -0.25) is 4.79 Å². The predicted octanol–water partition coefficient (Wildman–Crippen LogP) is 3.40. The largest absolute Gasteiger partial charge is 0.484 e. The van der Waals surface area contributed by atoms with E-state index < -0.39 is 16.1 Å². The van der Waals surface area contributed by atoms with Crippen LogP contribution in [0.5, 0.6) is 5.75 Å². The van der Waals surface area contributed by atoms with Crippen LogP contribution < -0.4 is 20.1 Å². The quantitative estimate of drug-likeness (QED) is 0.495. The molecule has 0 aromatic heterocycles. The zero-order chi connectivity index (χ0) is 23.7. The van der Waals surface area contributed by atoms with Gasteiger partial charge < -0.3 is 15.4 Å². The fourth-order valence-electron chi connectivity index (χ4n) is 3.58. The minimum Gasteiger partial charge on any atom is -0.484 e. The number of nitrogens with one attached hydrogen (secondary N) is 3. The summed E-state index contributed by atoms with van der Waals surface area (Å²) >= 11 is 5.87. The van der Waals surface area contributed by atoms with Crippen molar-refractivity contribution in [3.63, 3.8) is 0 Å². The van der Waals surface area contributed by atoms with E-state index in [1.165, 1.54) is 12.1 Å². The Morgan fingerprint density at radius 3 is 2.45 bits per heavy atom. The molecule has 8 nitrogen and oxygen atoms in total. The molecular weight excluding hydrogens is 466 g/mol. The Morgan fingerprint density at radius 1 is 1.03 bits per heavy atom. The van der Waals surface area contributed by atoms with Crippen LogP contribution in [0.1, 0.15) is 37.7 Å². The average molecular weight is 494 g/mol. The second-order valence-corrected chi connectivity index (χ2v) is 10.0. The van der Waals surface area contributed by atoms with Crippen LogP contribution in [0.2, 0.25) is 5.02 Å². The summed E-state index contributed by atoms with van der Waals surface area (Å²) < 4.78 is 32.4. The Kier molecular flexibility index (Phi) is 8.96. The summed E-state index contributed by atoms with van der Waals surface area (Å²) in [6, 6.07) is 12.3. The van der Waals surface area contributed by atoms with Crippen molar-refractivity contribution in [3.05, 3.63) is 59.1 Å². The van der Waals surface area contributed by atoms with Crippen molar-refractivity contribution in [1.82, 2.24) is 15.4 Å². The van der Waals surface area contributed by atoms with Gasteiger partial charge in [-0.05, 0) is 55.2 Å². The number of hydrogen-bond donors (Lipinski definition) is 3. The van der Waals surface area contributed by atoms with Gasteiger partial charge in [-0.1, -0.05) is 49.1 Å². The van der Waals surface area contributed by atoms with Crippen LogP contribution in [-0.2, 0) is 21.2 Å². The maximum Gasteiger partial charge on any atom is 0.328 e. The lowest BCUT2D eigenvalue weighted by Gasteiger charge is -2.22. The van der Waals surface area contributed by atoms with Crippen molar-refractivity contribution in [2.45, 2.75) is 49.5 Å². The van der Waals surface area contributed by atoms with Crippen molar-refractivity contribution in [2.75, 3.05) is 13.2 Å². The standard InChI is InChI=1S/C23H28ClN3O5S/c24-18-5-4-8-20(15-18)32-16-22(28)25-14-13-17-9-11-21(12-10-17)33(30,31)27-23(29)26-19-6-2-1-3-7-19/h4-5,8-12,15,19H,1-3,6-7,13-14,16H2,(H,25,28)(H2,26,27,29). The number of carbonyl (C=O) groups is 2. The fourth-order valence-corrected chi connectivity index (χ4v) is 4.68. The molecule has 0 saturated heterocycles. The maximum atomic E-state index is 12.5. The van der Waals surface area contributed by atoms with Crippen molar-refractivity contribution >= 4 is 33.6 Å². The van der Waals surface area contributed by atoms with Crippen LogP contribution in [0.15, 0.2) is 53.4 Å². The first-order valence-electron chi connectivity index (χ1n) is 10.9. The Hall–Kier alpha value is -2.78. The Balaban J connectivity index is 1.41. The fraction of sp³-hybridized carbons (Fsp3) is 0.391. The molecule has 0 radical (unpaired) electrons. The van der Waals surface area contributed by atoms with Crippen LogP contribution in [0.25, 0.3) is 0 Å². The number of carbonyl (C=O) groups excluding carboxylic acids is 2. The summed E-state index contributed by atoms with van der Waals surface area (Å²) in [4.78, 5) is 24.0. The molecule has 2 aromatic carbocycles. The third-order valence-corrected chi connectivity index (χ3v) is 6.88. The van der Waals surface area contributed by atoms with E-state index in [2.05, 4.69) is 15.4 Å². The molecule has 1 aliphatic rings. The predicted molar refractivity (Wildman–Crippen MR) is 126 cm³/mol. The molecule has 0 atom stereocenters. The van der Waals surface area contributed by atoms with E-state index in [1.54, 1.807) is 36.4 Å². The Morgan fingerprint density at radius 2 is 1.76 bits per heavy atom. The van der Waals surface area contributed by atoms with Gasteiger partial charge in [0, 0.05) is 17.6 Å². The van der Waals surface area contributed by atoms with E-state index in [9.17, 15) is 18.0 Å². The molecule has 1 aliphatic carbocycles. The van der Waals surface area contributed by atoms with Gasteiger partial charge in [-0.25, -0.2) is 17.9 Å². The van der Waals surface area contributed by atoms with Crippen molar-refractivity contribution in [2.24, 2.45) is 0 Å². The summed E-state index contributed by atoms with van der Waals surface area (Å²) in [6.07, 6.45) is 5.46. The molecule has 1 fully saturated rings. The third-order valence-electron chi connectivity index (χ3n) is 5.30. The highest BCUT2D eigenvalue weighted by Crippen LogP contribution is 2.18. The number of sulfonamides is 1. The number of amides is 3. The molecule has 33 heavy (non-hydrogen) atoms. The molecule has 10 heteroatoms. The molecule has 3 N–H and O–H groups in total. The molecule has 0 aliphatic heterocycles. The van der Waals surface area contributed by atoms with E-state index in [4.69, 9.17) is 16.3 Å². The number of halogens is 1. The van der Waals surface area contributed by atoms with Gasteiger partial charge in [0.2, 0.25) is 0 Å². The van der Waals surface area contributed by atoms with Gasteiger partial charge >= 0.3 is 6.03 Å². The van der Waals surface area contributed by atoms with Crippen molar-refractivity contribution in [1.29, 1.82) is 0 Å². The maximum absolute atomic E-state index is 12.5.